The highest BCUT2D eigenvalue weighted by molar-refractivity contribution is 7.99. The number of hydrogen-bond acceptors (Lipinski definition) is 4. The van der Waals surface area contributed by atoms with Gasteiger partial charge < -0.3 is 5.32 Å². The van der Waals surface area contributed by atoms with Crippen molar-refractivity contribution in [3.8, 4) is 0 Å². The number of rotatable bonds is 6. The molecule has 0 unspecified atom stereocenters. The summed E-state index contributed by atoms with van der Waals surface area (Å²) in [6.45, 7) is 0.175. The number of fused-ring (bicyclic) bond motifs is 1. The van der Waals surface area contributed by atoms with Crippen LogP contribution in [0.5, 0.6) is 0 Å². The van der Waals surface area contributed by atoms with Crippen LogP contribution in [0.4, 0.5) is 14.5 Å². The molecule has 4 rings (SSSR count). The second-order valence-corrected chi connectivity index (χ2v) is 8.24. The van der Waals surface area contributed by atoms with E-state index in [0.29, 0.717) is 21.7 Å². The Bertz CT molecular complexity index is 1360. The zero-order chi connectivity index (χ0) is 22.7. The Morgan fingerprint density at radius 1 is 1.06 bits per heavy atom. The van der Waals surface area contributed by atoms with Crippen LogP contribution in [0, 0.1) is 11.6 Å². The monoisotopic (exact) mass is 471 g/mol. The Labute approximate surface area is 191 Å². The van der Waals surface area contributed by atoms with Gasteiger partial charge in [-0.3, -0.25) is 14.2 Å². The molecule has 1 heterocycles. The van der Waals surface area contributed by atoms with Gasteiger partial charge in [-0.2, -0.15) is 0 Å². The average Bonchev–Trinajstić information content (AvgIpc) is 2.78. The molecule has 9 heteroatoms. The second-order valence-electron chi connectivity index (χ2n) is 6.90. The van der Waals surface area contributed by atoms with E-state index < -0.39 is 5.82 Å². The van der Waals surface area contributed by atoms with Crippen molar-refractivity contribution in [2.45, 2.75) is 11.7 Å². The van der Waals surface area contributed by atoms with Gasteiger partial charge in [0.05, 0.1) is 28.2 Å². The molecule has 0 radical (unpaired) electrons. The van der Waals surface area contributed by atoms with Gasteiger partial charge in [0.15, 0.2) is 5.16 Å². The second kappa shape index (κ2) is 9.50. The number of thioether (sulfide) groups is 1. The lowest BCUT2D eigenvalue weighted by atomic mass is 10.2. The van der Waals surface area contributed by atoms with E-state index in [1.54, 1.807) is 36.4 Å². The van der Waals surface area contributed by atoms with Crippen LogP contribution in [-0.2, 0) is 11.3 Å². The fourth-order valence-corrected chi connectivity index (χ4v) is 4.05. The van der Waals surface area contributed by atoms with E-state index in [0.717, 1.165) is 23.4 Å². The smallest absolute Gasteiger partial charge is 0.262 e. The molecule has 0 aliphatic rings. The Balaban J connectivity index is 1.60. The largest absolute Gasteiger partial charge is 0.325 e. The number of halogens is 3. The number of carbonyl (C=O) groups is 1. The maximum absolute atomic E-state index is 13.3. The van der Waals surface area contributed by atoms with E-state index in [1.807, 2.05) is 0 Å². The van der Waals surface area contributed by atoms with Crippen molar-refractivity contribution in [2.75, 3.05) is 11.1 Å². The first-order chi connectivity index (χ1) is 15.4. The Kier molecular flexibility index (Phi) is 6.53. The maximum atomic E-state index is 13.3. The van der Waals surface area contributed by atoms with Gasteiger partial charge in [0, 0.05) is 5.69 Å². The minimum Gasteiger partial charge on any atom is -0.325 e. The molecule has 1 amide bonds. The number of benzene rings is 3. The third kappa shape index (κ3) is 4.98. The number of anilines is 1. The molecule has 162 valence electrons. The summed E-state index contributed by atoms with van der Waals surface area (Å²) in [6.07, 6.45) is 0. The predicted molar refractivity (Wildman–Crippen MR) is 122 cm³/mol. The molecule has 4 aromatic rings. The van der Waals surface area contributed by atoms with Gasteiger partial charge in [-0.1, -0.05) is 47.6 Å². The van der Waals surface area contributed by atoms with Gasteiger partial charge in [0.2, 0.25) is 5.91 Å². The van der Waals surface area contributed by atoms with Gasteiger partial charge in [-0.05, 0) is 48.0 Å². The van der Waals surface area contributed by atoms with Crippen molar-refractivity contribution in [3.05, 3.63) is 99.3 Å². The molecule has 0 aliphatic carbocycles. The van der Waals surface area contributed by atoms with Crippen molar-refractivity contribution < 1.29 is 13.6 Å². The van der Waals surface area contributed by atoms with Crippen LogP contribution in [0.1, 0.15) is 5.56 Å². The zero-order valence-corrected chi connectivity index (χ0v) is 18.1. The highest BCUT2D eigenvalue weighted by Gasteiger charge is 2.14. The fourth-order valence-electron chi connectivity index (χ4n) is 3.07. The fraction of sp³-hybridized carbons (Fsp3) is 0.0870. The standard InChI is InChI=1S/C23H16ClF2N3O2S/c24-18-11-16(9-10-19(18)26)27-21(30)13-32-23-28-20-4-2-1-3-17(20)22(31)29(23)12-14-5-7-15(25)8-6-14/h1-11H,12-13H2,(H,27,30). The summed E-state index contributed by atoms with van der Waals surface area (Å²) < 4.78 is 28.0. The van der Waals surface area contributed by atoms with E-state index in [9.17, 15) is 18.4 Å². The summed E-state index contributed by atoms with van der Waals surface area (Å²) in [7, 11) is 0. The van der Waals surface area contributed by atoms with Crippen LogP contribution in [0.25, 0.3) is 10.9 Å². The Hall–Kier alpha value is -3.23. The summed E-state index contributed by atoms with van der Waals surface area (Å²) in [5, 5.41) is 3.34. The van der Waals surface area contributed by atoms with E-state index in [2.05, 4.69) is 10.3 Å². The molecule has 0 saturated heterocycles. The van der Waals surface area contributed by atoms with E-state index in [4.69, 9.17) is 11.6 Å². The molecule has 0 fully saturated rings. The van der Waals surface area contributed by atoms with Crippen LogP contribution in [-0.4, -0.2) is 21.2 Å². The quantitative estimate of drug-likeness (QED) is 0.313. The number of hydrogen-bond donors (Lipinski definition) is 1. The number of nitrogens with one attached hydrogen (secondary N) is 1. The predicted octanol–water partition coefficient (Wildman–Crippen LogP) is 5.11. The van der Waals surface area contributed by atoms with Crippen molar-refractivity contribution >= 4 is 45.9 Å². The van der Waals surface area contributed by atoms with Gasteiger partial charge in [0.25, 0.3) is 5.56 Å². The van der Waals surface area contributed by atoms with Crippen molar-refractivity contribution in [1.82, 2.24) is 9.55 Å². The van der Waals surface area contributed by atoms with Crippen LogP contribution in [0.3, 0.4) is 0 Å². The summed E-state index contributed by atoms with van der Waals surface area (Å²) in [4.78, 5) is 30.1. The lowest BCUT2D eigenvalue weighted by Crippen LogP contribution is -2.25. The van der Waals surface area contributed by atoms with Gasteiger partial charge in [-0.25, -0.2) is 13.8 Å². The lowest BCUT2D eigenvalue weighted by Gasteiger charge is -2.13. The van der Waals surface area contributed by atoms with Gasteiger partial charge in [-0.15, -0.1) is 0 Å². The van der Waals surface area contributed by atoms with E-state index >= 15 is 0 Å². The summed E-state index contributed by atoms with van der Waals surface area (Å²) in [5.41, 5.74) is 1.34. The number of amides is 1. The van der Waals surface area contributed by atoms with Gasteiger partial charge in [0.1, 0.15) is 11.6 Å². The molecule has 0 atom stereocenters. The molecule has 0 spiro atoms. The summed E-state index contributed by atoms with van der Waals surface area (Å²) >= 11 is 6.84. The van der Waals surface area contributed by atoms with Crippen molar-refractivity contribution in [2.24, 2.45) is 0 Å². The first-order valence-electron chi connectivity index (χ1n) is 9.52. The molecule has 0 aliphatic heterocycles. The van der Waals surface area contributed by atoms with Gasteiger partial charge >= 0.3 is 0 Å². The third-order valence-corrected chi connectivity index (χ3v) is 5.88. The van der Waals surface area contributed by atoms with Crippen LogP contribution in [0.2, 0.25) is 5.02 Å². The molecule has 1 N–H and O–H groups in total. The highest BCUT2D eigenvalue weighted by Crippen LogP contribution is 2.22. The summed E-state index contributed by atoms with van der Waals surface area (Å²) in [6, 6.07) is 16.7. The number of aromatic nitrogens is 2. The first kappa shape index (κ1) is 22.0. The molecule has 3 aromatic carbocycles. The third-order valence-electron chi connectivity index (χ3n) is 4.62. The average molecular weight is 472 g/mol. The highest BCUT2D eigenvalue weighted by atomic mass is 35.5. The molecule has 0 saturated carbocycles. The maximum Gasteiger partial charge on any atom is 0.262 e. The van der Waals surface area contributed by atoms with Crippen molar-refractivity contribution in [3.63, 3.8) is 0 Å². The molecule has 1 aromatic heterocycles. The Morgan fingerprint density at radius 3 is 2.56 bits per heavy atom. The normalized spacial score (nSPS) is 11.0. The Morgan fingerprint density at radius 2 is 1.81 bits per heavy atom. The molecule has 0 bridgehead atoms. The SMILES string of the molecule is O=C(CSc1nc2ccccc2c(=O)n1Cc1ccc(F)cc1)Nc1ccc(F)c(Cl)c1. The zero-order valence-electron chi connectivity index (χ0n) is 16.5. The number of nitrogens with zero attached hydrogens (tertiary/aromatic N) is 2. The molecular formula is C23H16ClF2N3O2S. The minimum absolute atomic E-state index is 0.0385. The molecule has 5 nitrogen and oxygen atoms in total. The molecule has 32 heavy (non-hydrogen) atoms. The van der Waals surface area contributed by atoms with E-state index in [1.165, 1.54) is 28.8 Å². The van der Waals surface area contributed by atoms with Crippen molar-refractivity contribution in [1.29, 1.82) is 0 Å². The number of carbonyl (C=O) groups excluding carboxylic acids is 1. The van der Waals surface area contributed by atoms with Crippen LogP contribution < -0.4 is 10.9 Å². The number of para-hydroxylation sites is 1. The molecular weight excluding hydrogens is 456 g/mol. The first-order valence-corrected chi connectivity index (χ1v) is 10.9. The van der Waals surface area contributed by atoms with Crippen LogP contribution >= 0.6 is 23.4 Å². The van der Waals surface area contributed by atoms with E-state index in [-0.39, 0.29) is 34.6 Å². The lowest BCUT2D eigenvalue weighted by molar-refractivity contribution is -0.113. The minimum atomic E-state index is -0.579. The summed E-state index contributed by atoms with van der Waals surface area (Å²) in [5.74, 6) is -1.36. The topological polar surface area (TPSA) is 64.0 Å². The van der Waals surface area contributed by atoms with Crippen LogP contribution in [0.15, 0.2) is 76.7 Å².